The summed E-state index contributed by atoms with van der Waals surface area (Å²) in [6, 6.07) is 5.04. The Morgan fingerprint density at radius 3 is 2.29 bits per heavy atom. The summed E-state index contributed by atoms with van der Waals surface area (Å²) in [4.78, 5) is 11.3. The van der Waals surface area contributed by atoms with Gasteiger partial charge in [-0.3, -0.25) is 0 Å². The van der Waals surface area contributed by atoms with Gasteiger partial charge in [-0.25, -0.2) is 4.79 Å². The predicted molar refractivity (Wildman–Crippen MR) is 63.6 cm³/mol. The van der Waals surface area contributed by atoms with Gasteiger partial charge >= 0.3 is 5.97 Å². The van der Waals surface area contributed by atoms with Crippen LogP contribution in [0.2, 0.25) is 0 Å². The molecule has 0 saturated heterocycles. The van der Waals surface area contributed by atoms with E-state index >= 15 is 0 Å². The fourth-order valence-electron chi connectivity index (χ4n) is 1.52. The van der Waals surface area contributed by atoms with Crippen molar-refractivity contribution in [3.05, 3.63) is 23.8 Å². The largest absolute Gasteiger partial charge is 0.493 e. The van der Waals surface area contributed by atoms with E-state index in [1.54, 1.807) is 32.2 Å². The van der Waals surface area contributed by atoms with Crippen LogP contribution in [0.4, 0.5) is 0 Å². The lowest BCUT2D eigenvalue weighted by molar-refractivity contribution is -0.144. The summed E-state index contributed by atoms with van der Waals surface area (Å²) in [5, 5.41) is 12.0. The van der Waals surface area contributed by atoms with E-state index < -0.39 is 11.5 Å². The number of likely N-dealkylation sites (N-methyl/N-ethyl adjacent to an activating group) is 1. The molecule has 0 aromatic heterocycles. The van der Waals surface area contributed by atoms with Gasteiger partial charge in [0.2, 0.25) is 0 Å². The summed E-state index contributed by atoms with van der Waals surface area (Å²) in [5.41, 5.74) is -0.551. The number of hydrogen-bond acceptors (Lipinski definition) is 4. The monoisotopic (exact) mass is 239 g/mol. The highest BCUT2D eigenvalue weighted by Gasteiger charge is 2.34. The summed E-state index contributed by atoms with van der Waals surface area (Å²) in [7, 11) is 4.65. The summed E-state index contributed by atoms with van der Waals surface area (Å²) in [6.07, 6.45) is 0. The van der Waals surface area contributed by atoms with Gasteiger partial charge in [0, 0.05) is 0 Å². The van der Waals surface area contributed by atoms with Gasteiger partial charge in [-0.15, -0.1) is 0 Å². The van der Waals surface area contributed by atoms with Crippen molar-refractivity contribution in [2.75, 3.05) is 21.3 Å². The van der Waals surface area contributed by atoms with Gasteiger partial charge < -0.3 is 19.9 Å². The van der Waals surface area contributed by atoms with E-state index in [1.807, 2.05) is 0 Å². The van der Waals surface area contributed by atoms with E-state index in [0.29, 0.717) is 17.1 Å². The Morgan fingerprint density at radius 2 is 1.88 bits per heavy atom. The zero-order chi connectivity index (χ0) is 13.1. The quantitative estimate of drug-likeness (QED) is 0.808. The Hall–Kier alpha value is -1.75. The molecule has 1 aromatic rings. The molecule has 0 saturated carbocycles. The molecule has 5 nitrogen and oxygen atoms in total. The van der Waals surface area contributed by atoms with Crippen LogP contribution in [-0.4, -0.2) is 32.3 Å². The molecule has 0 heterocycles. The molecule has 1 atom stereocenters. The topological polar surface area (TPSA) is 67.8 Å². The van der Waals surface area contributed by atoms with Crippen molar-refractivity contribution in [3.63, 3.8) is 0 Å². The first-order valence-electron chi connectivity index (χ1n) is 5.14. The number of carbonyl (C=O) groups is 1. The summed E-state index contributed by atoms with van der Waals surface area (Å²) >= 11 is 0. The first kappa shape index (κ1) is 13.3. The first-order valence-corrected chi connectivity index (χ1v) is 5.14. The van der Waals surface area contributed by atoms with Crippen LogP contribution >= 0.6 is 0 Å². The molecule has 0 aliphatic heterocycles. The van der Waals surface area contributed by atoms with Crippen molar-refractivity contribution in [2.24, 2.45) is 0 Å². The van der Waals surface area contributed by atoms with Crippen molar-refractivity contribution in [1.82, 2.24) is 5.32 Å². The highest BCUT2D eigenvalue weighted by Crippen LogP contribution is 2.32. The molecule has 1 unspecified atom stereocenters. The number of ether oxygens (including phenoxy) is 2. The normalized spacial score (nSPS) is 13.9. The van der Waals surface area contributed by atoms with Crippen LogP contribution in [0.1, 0.15) is 12.5 Å². The van der Waals surface area contributed by atoms with E-state index in [4.69, 9.17) is 9.47 Å². The second kappa shape index (κ2) is 5.05. The number of hydrogen-bond donors (Lipinski definition) is 2. The third kappa shape index (κ3) is 2.34. The zero-order valence-corrected chi connectivity index (χ0v) is 10.4. The first-order chi connectivity index (χ1) is 7.99. The molecule has 17 heavy (non-hydrogen) atoms. The van der Waals surface area contributed by atoms with E-state index in [9.17, 15) is 9.90 Å². The van der Waals surface area contributed by atoms with Crippen molar-refractivity contribution >= 4 is 5.97 Å². The lowest BCUT2D eigenvalue weighted by atomic mass is 9.92. The molecule has 5 heteroatoms. The van der Waals surface area contributed by atoms with E-state index in [-0.39, 0.29) is 0 Å². The molecule has 1 aromatic carbocycles. The van der Waals surface area contributed by atoms with Gasteiger partial charge in [-0.2, -0.15) is 0 Å². The van der Waals surface area contributed by atoms with Crippen LogP contribution in [0.5, 0.6) is 11.5 Å². The molecule has 0 bridgehead atoms. The Balaban J connectivity index is 3.27. The summed E-state index contributed by atoms with van der Waals surface area (Å²) in [5.74, 6) is 0.125. The third-order valence-electron chi connectivity index (χ3n) is 2.89. The number of benzene rings is 1. The Morgan fingerprint density at radius 1 is 1.29 bits per heavy atom. The number of carboxylic acid groups (broad SMARTS) is 1. The van der Waals surface area contributed by atoms with Crippen LogP contribution in [0.3, 0.4) is 0 Å². The molecule has 0 aliphatic rings. The van der Waals surface area contributed by atoms with Gasteiger partial charge in [0.1, 0.15) is 5.54 Å². The van der Waals surface area contributed by atoms with Gasteiger partial charge in [0.15, 0.2) is 11.5 Å². The Bertz CT molecular complexity index is 419. The number of rotatable bonds is 5. The maximum atomic E-state index is 11.3. The number of carboxylic acids is 1. The molecule has 0 radical (unpaired) electrons. The van der Waals surface area contributed by atoms with Crippen LogP contribution in [0, 0.1) is 0 Å². The summed E-state index contributed by atoms with van der Waals surface area (Å²) < 4.78 is 10.3. The van der Waals surface area contributed by atoms with Crippen LogP contribution in [0.25, 0.3) is 0 Å². The molecule has 1 rings (SSSR count). The van der Waals surface area contributed by atoms with Gasteiger partial charge in [-0.05, 0) is 31.7 Å². The molecule has 0 spiro atoms. The molecular weight excluding hydrogens is 222 g/mol. The molecular formula is C12H17NO4. The van der Waals surface area contributed by atoms with E-state index in [1.165, 1.54) is 14.2 Å². The fourth-order valence-corrected chi connectivity index (χ4v) is 1.52. The lowest BCUT2D eigenvalue weighted by Crippen LogP contribution is -2.44. The van der Waals surface area contributed by atoms with Gasteiger partial charge in [0.25, 0.3) is 0 Å². The average molecular weight is 239 g/mol. The van der Waals surface area contributed by atoms with Crippen molar-refractivity contribution in [3.8, 4) is 11.5 Å². The van der Waals surface area contributed by atoms with Crippen molar-refractivity contribution in [2.45, 2.75) is 12.5 Å². The maximum Gasteiger partial charge on any atom is 0.328 e. The van der Waals surface area contributed by atoms with Crippen LogP contribution in [0.15, 0.2) is 18.2 Å². The van der Waals surface area contributed by atoms with Gasteiger partial charge in [-0.1, -0.05) is 6.07 Å². The minimum absolute atomic E-state index is 0.507. The molecule has 2 N–H and O–H groups in total. The maximum absolute atomic E-state index is 11.3. The molecule has 94 valence electrons. The summed E-state index contributed by atoms with van der Waals surface area (Å²) in [6.45, 7) is 1.59. The van der Waals surface area contributed by atoms with Crippen molar-refractivity contribution in [1.29, 1.82) is 0 Å². The second-order valence-electron chi connectivity index (χ2n) is 3.75. The molecule has 0 amide bonds. The SMILES string of the molecule is CNC(C)(C(=O)O)c1ccc(OC)c(OC)c1. The lowest BCUT2D eigenvalue weighted by Gasteiger charge is -2.25. The van der Waals surface area contributed by atoms with Crippen molar-refractivity contribution < 1.29 is 19.4 Å². The minimum Gasteiger partial charge on any atom is -0.493 e. The number of aliphatic carboxylic acids is 1. The van der Waals surface area contributed by atoms with Crippen LogP contribution < -0.4 is 14.8 Å². The Labute approximate surface area is 100 Å². The zero-order valence-electron chi connectivity index (χ0n) is 10.4. The average Bonchev–Trinajstić information content (AvgIpc) is 2.36. The third-order valence-corrected chi connectivity index (χ3v) is 2.89. The highest BCUT2D eigenvalue weighted by atomic mass is 16.5. The predicted octanol–water partition coefficient (Wildman–Crippen LogP) is 1.22. The molecule has 0 aliphatic carbocycles. The Kier molecular flexibility index (Phi) is 3.96. The standard InChI is InChI=1S/C12H17NO4/c1-12(13-2,11(14)15)8-5-6-9(16-3)10(7-8)17-4/h5-7,13H,1-4H3,(H,14,15). The van der Waals surface area contributed by atoms with E-state index in [0.717, 1.165) is 0 Å². The van der Waals surface area contributed by atoms with E-state index in [2.05, 4.69) is 5.32 Å². The number of nitrogens with one attached hydrogen (secondary N) is 1. The fraction of sp³-hybridized carbons (Fsp3) is 0.417. The second-order valence-corrected chi connectivity index (χ2v) is 3.75. The smallest absolute Gasteiger partial charge is 0.328 e. The number of methoxy groups -OCH3 is 2. The van der Waals surface area contributed by atoms with Gasteiger partial charge in [0.05, 0.1) is 14.2 Å². The van der Waals surface area contributed by atoms with Crippen LogP contribution in [-0.2, 0) is 10.3 Å². The minimum atomic E-state index is -1.15. The highest BCUT2D eigenvalue weighted by molar-refractivity contribution is 5.80. The molecule has 0 fully saturated rings.